The molecule has 2 amide bonds. The molecule has 3 N–H and O–H groups in total. The van der Waals surface area contributed by atoms with Crippen molar-refractivity contribution in [1.29, 1.82) is 0 Å². The number of carboxylic acids is 1. The summed E-state index contributed by atoms with van der Waals surface area (Å²) in [4.78, 5) is 34.2. The average molecular weight is 312 g/mol. The zero-order valence-corrected chi connectivity index (χ0v) is 12.5. The lowest BCUT2D eigenvalue weighted by atomic mass is 10.0. The summed E-state index contributed by atoms with van der Waals surface area (Å²) in [6.45, 7) is 3.42. The minimum absolute atomic E-state index is 0.0784. The van der Waals surface area contributed by atoms with Crippen LogP contribution in [0.5, 0.6) is 0 Å². The zero-order valence-electron chi connectivity index (χ0n) is 12.5. The second-order valence-corrected chi connectivity index (χ2v) is 4.91. The van der Waals surface area contributed by atoms with Crippen molar-refractivity contribution in [3.05, 3.63) is 24.2 Å². The van der Waals surface area contributed by atoms with E-state index < -0.39 is 24.5 Å². The van der Waals surface area contributed by atoms with Gasteiger partial charge in [0.1, 0.15) is 12.6 Å². The van der Waals surface area contributed by atoms with Crippen LogP contribution in [0.2, 0.25) is 0 Å². The van der Waals surface area contributed by atoms with E-state index in [0.29, 0.717) is 0 Å². The molecule has 0 bridgehead atoms. The van der Waals surface area contributed by atoms with E-state index in [4.69, 9.17) is 14.3 Å². The van der Waals surface area contributed by atoms with Crippen LogP contribution in [0.15, 0.2) is 22.8 Å². The van der Waals surface area contributed by atoms with Crippen LogP contribution in [0.4, 0.5) is 0 Å². The molecule has 0 fully saturated rings. The van der Waals surface area contributed by atoms with E-state index in [-0.39, 0.29) is 30.7 Å². The van der Waals surface area contributed by atoms with Gasteiger partial charge < -0.3 is 24.9 Å². The molecule has 1 rings (SSSR count). The Bertz CT molecular complexity index is 497. The molecular weight excluding hydrogens is 292 g/mol. The first-order valence-corrected chi connectivity index (χ1v) is 6.83. The summed E-state index contributed by atoms with van der Waals surface area (Å²) in [5.74, 6) is -1.91. The van der Waals surface area contributed by atoms with Gasteiger partial charge in [-0.2, -0.15) is 0 Å². The number of amides is 2. The Hall–Kier alpha value is -2.35. The molecule has 1 aromatic heterocycles. The summed E-state index contributed by atoms with van der Waals surface area (Å²) in [6.07, 6.45) is 1.37. The average Bonchev–Trinajstić information content (AvgIpc) is 2.97. The van der Waals surface area contributed by atoms with Gasteiger partial charge in [-0.3, -0.25) is 9.59 Å². The van der Waals surface area contributed by atoms with Crippen molar-refractivity contribution >= 4 is 17.8 Å². The largest absolute Gasteiger partial charge is 0.480 e. The molecule has 8 nitrogen and oxygen atoms in total. The number of nitrogens with one attached hydrogen (secondary N) is 2. The van der Waals surface area contributed by atoms with Crippen LogP contribution in [0, 0.1) is 5.92 Å². The Balaban J connectivity index is 2.43. The fourth-order valence-corrected chi connectivity index (χ4v) is 1.67. The van der Waals surface area contributed by atoms with Crippen molar-refractivity contribution in [2.24, 2.45) is 5.92 Å². The SMILES string of the molecule is CC(C)C(NC(=O)c1ccco1)C(=O)NCCOCC(=O)O. The first kappa shape index (κ1) is 17.7. The van der Waals surface area contributed by atoms with Crippen molar-refractivity contribution in [1.82, 2.24) is 10.6 Å². The van der Waals surface area contributed by atoms with Gasteiger partial charge in [-0.25, -0.2) is 4.79 Å². The first-order chi connectivity index (χ1) is 10.4. The molecule has 0 aliphatic carbocycles. The Kier molecular flexibility index (Phi) is 7.11. The van der Waals surface area contributed by atoms with E-state index >= 15 is 0 Å². The van der Waals surface area contributed by atoms with Gasteiger partial charge in [-0.1, -0.05) is 13.8 Å². The van der Waals surface area contributed by atoms with E-state index in [1.54, 1.807) is 19.9 Å². The molecule has 0 aliphatic heterocycles. The molecule has 22 heavy (non-hydrogen) atoms. The van der Waals surface area contributed by atoms with Gasteiger partial charge in [-0.15, -0.1) is 0 Å². The van der Waals surface area contributed by atoms with Gasteiger partial charge >= 0.3 is 5.97 Å². The quantitative estimate of drug-likeness (QED) is 0.563. The molecule has 0 radical (unpaired) electrons. The minimum atomic E-state index is -1.07. The molecule has 1 heterocycles. The second-order valence-electron chi connectivity index (χ2n) is 4.91. The fraction of sp³-hybridized carbons (Fsp3) is 0.500. The number of carboxylic acid groups (broad SMARTS) is 1. The summed E-state index contributed by atoms with van der Waals surface area (Å²) < 4.78 is 9.78. The molecule has 122 valence electrons. The maximum Gasteiger partial charge on any atom is 0.329 e. The first-order valence-electron chi connectivity index (χ1n) is 6.83. The minimum Gasteiger partial charge on any atom is -0.480 e. The lowest BCUT2D eigenvalue weighted by molar-refractivity contribution is -0.142. The second kappa shape index (κ2) is 8.83. The number of furan rings is 1. The third kappa shape index (κ3) is 5.96. The van der Waals surface area contributed by atoms with E-state index in [1.807, 2.05) is 0 Å². The van der Waals surface area contributed by atoms with Crippen molar-refractivity contribution in [2.45, 2.75) is 19.9 Å². The van der Waals surface area contributed by atoms with Gasteiger partial charge in [-0.05, 0) is 18.1 Å². The van der Waals surface area contributed by atoms with E-state index in [9.17, 15) is 14.4 Å². The Morgan fingerprint density at radius 2 is 2.09 bits per heavy atom. The monoisotopic (exact) mass is 312 g/mol. The topological polar surface area (TPSA) is 118 Å². The van der Waals surface area contributed by atoms with Gasteiger partial charge in [0.15, 0.2) is 5.76 Å². The molecule has 0 saturated heterocycles. The predicted molar refractivity (Wildman–Crippen MR) is 76.3 cm³/mol. The highest BCUT2D eigenvalue weighted by molar-refractivity contribution is 5.95. The number of rotatable bonds is 9. The van der Waals surface area contributed by atoms with E-state index in [0.717, 1.165) is 0 Å². The van der Waals surface area contributed by atoms with Gasteiger partial charge in [0.25, 0.3) is 5.91 Å². The van der Waals surface area contributed by atoms with Crippen molar-refractivity contribution in [3.63, 3.8) is 0 Å². The van der Waals surface area contributed by atoms with Crippen LogP contribution in [0.25, 0.3) is 0 Å². The predicted octanol–water partition coefficient (Wildman–Crippen LogP) is 0.251. The maximum atomic E-state index is 12.1. The highest BCUT2D eigenvalue weighted by Crippen LogP contribution is 2.05. The molecule has 0 saturated carbocycles. The van der Waals surface area contributed by atoms with Crippen LogP contribution in [0.3, 0.4) is 0 Å². The molecule has 0 spiro atoms. The lowest BCUT2D eigenvalue weighted by Gasteiger charge is -2.21. The van der Waals surface area contributed by atoms with Crippen molar-refractivity contribution in [3.8, 4) is 0 Å². The molecule has 8 heteroatoms. The standard InChI is InChI=1S/C14H20N2O6/c1-9(2)12(16-13(19)10-4-3-6-22-10)14(20)15-5-7-21-8-11(17)18/h3-4,6,9,12H,5,7-8H2,1-2H3,(H,15,20)(H,16,19)(H,17,18). The third-order valence-corrected chi connectivity index (χ3v) is 2.75. The Morgan fingerprint density at radius 3 is 2.64 bits per heavy atom. The van der Waals surface area contributed by atoms with E-state index in [1.165, 1.54) is 12.3 Å². The van der Waals surface area contributed by atoms with Gasteiger partial charge in [0, 0.05) is 6.54 Å². The number of hydrogen-bond donors (Lipinski definition) is 3. The highest BCUT2D eigenvalue weighted by atomic mass is 16.5. The molecule has 1 atom stereocenters. The third-order valence-electron chi connectivity index (χ3n) is 2.75. The smallest absolute Gasteiger partial charge is 0.329 e. The summed E-state index contributed by atoms with van der Waals surface area (Å²) in [5, 5.41) is 13.6. The molecule has 0 aliphatic rings. The zero-order chi connectivity index (χ0) is 16.5. The fourth-order valence-electron chi connectivity index (χ4n) is 1.67. The van der Waals surface area contributed by atoms with Crippen molar-refractivity contribution < 1.29 is 28.6 Å². The van der Waals surface area contributed by atoms with Gasteiger partial charge in [0.05, 0.1) is 12.9 Å². The summed E-state index contributed by atoms with van der Waals surface area (Å²) in [5.41, 5.74) is 0. The summed E-state index contributed by atoms with van der Waals surface area (Å²) >= 11 is 0. The van der Waals surface area contributed by atoms with Crippen molar-refractivity contribution in [2.75, 3.05) is 19.8 Å². The lowest BCUT2D eigenvalue weighted by Crippen LogP contribution is -2.50. The van der Waals surface area contributed by atoms with Crippen LogP contribution in [-0.4, -0.2) is 48.7 Å². The van der Waals surface area contributed by atoms with Crippen LogP contribution in [0.1, 0.15) is 24.4 Å². The Labute approximate surface area is 127 Å². The molecule has 1 unspecified atom stereocenters. The number of aliphatic carboxylic acids is 1. The number of carbonyl (C=O) groups is 3. The molecule has 0 aromatic carbocycles. The van der Waals surface area contributed by atoms with Gasteiger partial charge in [0.2, 0.25) is 5.91 Å². The molecular formula is C14H20N2O6. The molecule has 1 aromatic rings. The highest BCUT2D eigenvalue weighted by Gasteiger charge is 2.25. The van der Waals surface area contributed by atoms with Crippen LogP contribution >= 0.6 is 0 Å². The summed E-state index contributed by atoms with van der Waals surface area (Å²) in [6, 6.07) is 2.36. The summed E-state index contributed by atoms with van der Waals surface area (Å²) in [7, 11) is 0. The van der Waals surface area contributed by atoms with E-state index in [2.05, 4.69) is 10.6 Å². The van der Waals surface area contributed by atoms with Crippen LogP contribution < -0.4 is 10.6 Å². The maximum absolute atomic E-state index is 12.1. The number of carbonyl (C=O) groups excluding carboxylic acids is 2. The Morgan fingerprint density at radius 1 is 1.36 bits per heavy atom. The van der Waals surface area contributed by atoms with Crippen LogP contribution in [-0.2, 0) is 14.3 Å². The number of hydrogen-bond acceptors (Lipinski definition) is 5. The normalized spacial score (nSPS) is 12.0. The number of ether oxygens (including phenoxy) is 1.